The number of carboxylic acids is 1. The van der Waals surface area contributed by atoms with Crippen molar-refractivity contribution in [1.82, 2.24) is 4.98 Å². The van der Waals surface area contributed by atoms with Gasteiger partial charge in [0.2, 0.25) is 0 Å². The Hall–Kier alpha value is -2.75. The van der Waals surface area contributed by atoms with Crippen molar-refractivity contribution >= 4 is 16.9 Å². The Bertz CT molecular complexity index is 880. The van der Waals surface area contributed by atoms with Crippen molar-refractivity contribution in [3.05, 3.63) is 53.6 Å². The molecule has 0 amide bonds. The average molecular weight is 323 g/mol. The Kier molecular flexibility index (Phi) is 4.56. The maximum absolute atomic E-state index is 11.4. The van der Waals surface area contributed by atoms with E-state index in [9.17, 15) is 9.90 Å². The maximum atomic E-state index is 11.4. The van der Waals surface area contributed by atoms with Crippen molar-refractivity contribution in [3.8, 4) is 17.0 Å². The van der Waals surface area contributed by atoms with Gasteiger partial charge in [-0.3, -0.25) is 4.79 Å². The number of fused-ring (bicyclic) bond motifs is 1. The first-order valence-electron chi connectivity index (χ1n) is 8.20. The molecule has 0 radical (unpaired) electrons. The lowest BCUT2D eigenvalue weighted by Gasteiger charge is -2.07. The second kappa shape index (κ2) is 6.79. The first-order valence-corrected chi connectivity index (χ1v) is 8.20. The molecule has 3 rings (SSSR count). The number of H-pyrrole nitrogens is 1. The van der Waals surface area contributed by atoms with E-state index in [-0.39, 0.29) is 6.42 Å². The minimum absolute atomic E-state index is 0.0125. The highest BCUT2D eigenvalue weighted by molar-refractivity contribution is 5.94. The molecule has 0 unspecified atom stereocenters. The molecule has 124 valence electrons. The monoisotopic (exact) mass is 323 g/mol. The topological polar surface area (TPSA) is 62.3 Å². The van der Waals surface area contributed by atoms with Gasteiger partial charge in [0.25, 0.3) is 0 Å². The van der Waals surface area contributed by atoms with Gasteiger partial charge in [-0.25, -0.2) is 0 Å². The van der Waals surface area contributed by atoms with Crippen LogP contribution in [0, 0.1) is 0 Å². The van der Waals surface area contributed by atoms with Gasteiger partial charge in [-0.2, -0.15) is 0 Å². The fourth-order valence-electron chi connectivity index (χ4n) is 3.00. The molecule has 0 aliphatic rings. The number of benzene rings is 2. The number of ether oxygens (including phenoxy) is 1. The van der Waals surface area contributed by atoms with E-state index in [0.717, 1.165) is 39.9 Å². The fraction of sp³-hybridized carbons (Fsp3) is 0.250. The zero-order valence-corrected chi connectivity index (χ0v) is 13.9. The molecule has 4 heteroatoms. The zero-order chi connectivity index (χ0) is 17.1. The molecular weight excluding hydrogens is 302 g/mol. The summed E-state index contributed by atoms with van der Waals surface area (Å²) in [6.07, 6.45) is 0.907. The van der Waals surface area contributed by atoms with E-state index in [0.29, 0.717) is 6.61 Å². The summed E-state index contributed by atoms with van der Waals surface area (Å²) >= 11 is 0. The van der Waals surface area contributed by atoms with Crippen LogP contribution in [0.15, 0.2) is 42.5 Å². The molecule has 0 saturated carbocycles. The molecule has 1 aromatic heterocycles. The van der Waals surface area contributed by atoms with E-state index in [1.54, 1.807) is 0 Å². The Balaban J connectivity index is 2.19. The van der Waals surface area contributed by atoms with E-state index in [2.05, 4.69) is 24.0 Å². The second-order valence-electron chi connectivity index (χ2n) is 5.74. The third-order valence-corrected chi connectivity index (χ3v) is 4.14. The van der Waals surface area contributed by atoms with Crippen LogP contribution in [-0.2, 0) is 17.6 Å². The first-order chi connectivity index (χ1) is 11.6. The minimum Gasteiger partial charge on any atom is -0.494 e. The molecule has 3 aromatic rings. The largest absolute Gasteiger partial charge is 0.494 e. The van der Waals surface area contributed by atoms with Gasteiger partial charge in [-0.1, -0.05) is 25.1 Å². The molecule has 2 aromatic carbocycles. The lowest BCUT2D eigenvalue weighted by Crippen LogP contribution is -2.01. The van der Waals surface area contributed by atoms with Gasteiger partial charge >= 0.3 is 5.97 Å². The highest BCUT2D eigenvalue weighted by Gasteiger charge is 2.16. The van der Waals surface area contributed by atoms with Crippen molar-refractivity contribution in [2.75, 3.05) is 6.61 Å². The molecule has 0 aliphatic heterocycles. The van der Waals surface area contributed by atoms with Crippen molar-refractivity contribution in [2.45, 2.75) is 26.7 Å². The van der Waals surface area contributed by atoms with E-state index >= 15 is 0 Å². The number of aryl methyl sites for hydroxylation is 1. The summed E-state index contributed by atoms with van der Waals surface area (Å²) in [6, 6.07) is 13.9. The Morgan fingerprint density at radius 1 is 1.17 bits per heavy atom. The van der Waals surface area contributed by atoms with Crippen LogP contribution in [0.3, 0.4) is 0 Å². The normalized spacial score (nSPS) is 10.9. The van der Waals surface area contributed by atoms with Crippen LogP contribution in [-0.4, -0.2) is 22.7 Å². The number of aromatic nitrogens is 1. The summed E-state index contributed by atoms with van der Waals surface area (Å²) in [5, 5.41) is 10.3. The average Bonchev–Trinajstić information content (AvgIpc) is 2.92. The van der Waals surface area contributed by atoms with Gasteiger partial charge in [0.15, 0.2) is 0 Å². The van der Waals surface area contributed by atoms with Crippen molar-refractivity contribution < 1.29 is 14.6 Å². The molecule has 0 fully saturated rings. The molecule has 24 heavy (non-hydrogen) atoms. The zero-order valence-electron chi connectivity index (χ0n) is 13.9. The maximum Gasteiger partial charge on any atom is 0.307 e. The summed E-state index contributed by atoms with van der Waals surface area (Å²) in [4.78, 5) is 14.8. The minimum atomic E-state index is -0.833. The Morgan fingerprint density at radius 2 is 2.00 bits per heavy atom. The van der Waals surface area contributed by atoms with Crippen LogP contribution in [0.5, 0.6) is 5.75 Å². The third kappa shape index (κ3) is 3.13. The number of aromatic amines is 1. The van der Waals surface area contributed by atoms with Gasteiger partial charge in [0.05, 0.1) is 18.7 Å². The predicted octanol–water partition coefficient (Wildman–Crippen LogP) is 4.42. The van der Waals surface area contributed by atoms with Crippen LogP contribution in [0.25, 0.3) is 22.2 Å². The van der Waals surface area contributed by atoms with Crippen LogP contribution in [0.2, 0.25) is 0 Å². The Labute approximate surface area is 141 Å². The number of hydrogen-bond donors (Lipinski definition) is 2. The van der Waals surface area contributed by atoms with Gasteiger partial charge in [0.1, 0.15) is 5.75 Å². The fourth-order valence-corrected chi connectivity index (χ4v) is 3.00. The lowest BCUT2D eigenvalue weighted by molar-refractivity contribution is -0.136. The lowest BCUT2D eigenvalue weighted by atomic mass is 10.0. The van der Waals surface area contributed by atoms with Gasteiger partial charge < -0.3 is 14.8 Å². The first kappa shape index (κ1) is 16.1. The molecule has 4 nitrogen and oxygen atoms in total. The van der Waals surface area contributed by atoms with Gasteiger partial charge in [-0.05, 0) is 48.7 Å². The number of nitrogens with one attached hydrogen (secondary N) is 1. The third-order valence-electron chi connectivity index (χ3n) is 4.14. The van der Waals surface area contributed by atoms with Crippen LogP contribution < -0.4 is 4.74 Å². The number of carbonyl (C=O) groups is 1. The number of hydrogen-bond acceptors (Lipinski definition) is 2. The van der Waals surface area contributed by atoms with Gasteiger partial charge in [0, 0.05) is 16.5 Å². The number of carboxylic acid groups (broad SMARTS) is 1. The number of rotatable bonds is 6. The highest BCUT2D eigenvalue weighted by atomic mass is 16.5. The summed E-state index contributed by atoms with van der Waals surface area (Å²) in [5.41, 5.74) is 4.76. The van der Waals surface area contributed by atoms with E-state index in [1.807, 2.05) is 37.3 Å². The number of aliphatic carboxylic acids is 1. The standard InChI is InChI=1S/C20H21NO3/c1-3-13-8-9-18-16(10-13)17(12-19(22)23)20(21-18)14-6-5-7-15(11-14)24-4-2/h5-11,21H,3-4,12H2,1-2H3,(H,22,23). The van der Waals surface area contributed by atoms with E-state index in [1.165, 1.54) is 5.56 Å². The second-order valence-corrected chi connectivity index (χ2v) is 5.74. The predicted molar refractivity (Wildman–Crippen MR) is 95.6 cm³/mol. The highest BCUT2D eigenvalue weighted by Crippen LogP contribution is 2.33. The summed E-state index contributed by atoms with van der Waals surface area (Å²) in [5.74, 6) is -0.0517. The molecule has 0 atom stereocenters. The molecule has 1 heterocycles. The molecular formula is C20H21NO3. The van der Waals surface area contributed by atoms with Crippen LogP contribution in [0.1, 0.15) is 25.0 Å². The van der Waals surface area contributed by atoms with Crippen LogP contribution in [0.4, 0.5) is 0 Å². The summed E-state index contributed by atoms with van der Waals surface area (Å²) in [6.45, 7) is 4.63. The van der Waals surface area contributed by atoms with Crippen molar-refractivity contribution in [1.29, 1.82) is 0 Å². The quantitative estimate of drug-likeness (QED) is 0.705. The SMILES string of the molecule is CCOc1cccc(-c2[nH]c3ccc(CC)cc3c2CC(=O)O)c1. The summed E-state index contributed by atoms with van der Waals surface area (Å²) < 4.78 is 5.57. The van der Waals surface area contributed by atoms with Crippen molar-refractivity contribution in [2.24, 2.45) is 0 Å². The molecule has 0 aliphatic carbocycles. The molecule has 0 bridgehead atoms. The van der Waals surface area contributed by atoms with Gasteiger partial charge in [-0.15, -0.1) is 0 Å². The smallest absolute Gasteiger partial charge is 0.307 e. The molecule has 0 saturated heterocycles. The Morgan fingerprint density at radius 3 is 2.71 bits per heavy atom. The van der Waals surface area contributed by atoms with E-state index < -0.39 is 5.97 Å². The van der Waals surface area contributed by atoms with Crippen LogP contribution >= 0.6 is 0 Å². The summed E-state index contributed by atoms with van der Waals surface area (Å²) in [7, 11) is 0. The molecule has 2 N–H and O–H groups in total. The van der Waals surface area contributed by atoms with E-state index in [4.69, 9.17) is 4.74 Å². The van der Waals surface area contributed by atoms with Crippen molar-refractivity contribution in [3.63, 3.8) is 0 Å². The molecule has 0 spiro atoms.